The Bertz CT molecular complexity index is 1320. The first-order valence-electron chi connectivity index (χ1n) is 11.4. The van der Waals surface area contributed by atoms with Crippen LogP contribution in [-0.4, -0.2) is 56.2 Å². The number of benzene rings is 1. The van der Waals surface area contributed by atoms with Crippen LogP contribution in [0.25, 0.3) is 16.8 Å². The zero-order valence-electron chi connectivity index (χ0n) is 19.1. The van der Waals surface area contributed by atoms with Crippen molar-refractivity contribution in [1.29, 1.82) is 0 Å². The number of aliphatic hydroxyl groups is 1. The number of aromatic nitrogens is 5. The van der Waals surface area contributed by atoms with Crippen LogP contribution in [0.3, 0.4) is 0 Å². The molecule has 0 amide bonds. The lowest BCUT2D eigenvalue weighted by atomic mass is 9.99. The summed E-state index contributed by atoms with van der Waals surface area (Å²) in [5, 5.41) is 17.8. The van der Waals surface area contributed by atoms with Crippen LogP contribution in [0.1, 0.15) is 24.4 Å². The Hall–Kier alpha value is -3.60. The molecule has 11 heteroatoms. The van der Waals surface area contributed by atoms with Gasteiger partial charge in [0, 0.05) is 36.1 Å². The fraction of sp³-hybridized carbons (Fsp3) is 0.375. The van der Waals surface area contributed by atoms with Crippen molar-refractivity contribution in [2.24, 2.45) is 5.92 Å². The molecular weight excluding hydrogens is 461 g/mol. The highest BCUT2D eigenvalue weighted by molar-refractivity contribution is 5.77. The van der Waals surface area contributed by atoms with Gasteiger partial charge in [0.15, 0.2) is 5.65 Å². The topological polar surface area (TPSA) is 80.7 Å². The van der Waals surface area contributed by atoms with Crippen molar-refractivity contribution >= 4 is 11.5 Å². The lowest BCUT2D eigenvalue weighted by Gasteiger charge is -2.31. The Kier molecular flexibility index (Phi) is 6.33. The molecule has 184 valence electrons. The molecule has 1 fully saturated rings. The number of halogens is 3. The molecule has 3 heterocycles. The first-order valence-corrected chi connectivity index (χ1v) is 11.4. The van der Waals surface area contributed by atoms with Gasteiger partial charge in [-0.1, -0.05) is 0 Å². The van der Waals surface area contributed by atoms with Crippen LogP contribution in [-0.2, 0) is 6.54 Å². The largest absolute Gasteiger partial charge is 0.487 e. The predicted octanol–water partition coefficient (Wildman–Crippen LogP) is 3.96. The molecule has 1 aromatic carbocycles. The van der Waals surface area contributed by atoms with E-state index >= 15 is 0 Å². The number of aliphatic hydroxyl groups excluding tert-OH is 1. The molecule has 1 N–H and O–H groups in total. The first-order chi connectivity index (χ1) is 16.9. The Balaban J connectivity index is 1.51. The molecule has 0 aliphatic heterocycles. The zero-order valence-corrected chi connectivity index (χ0v) is 19.1. The minimum Gasteiger partial charge on any atom is -0.487 e. The number of alkyl halides is 2. The van der Waals surface area contributed by atoms with E-state index in [4.69, 9.17) is 14.8 Å². The molecule has 1 unspecified atom stereocenters. The van der Waals surface area contributed by atoms with Crippen molar-refractivity contribution < 1.29 is 23.0 Å². The Labute approximate surface area is 199 Å². The van der Waals surface area contributed by atoms with E-state index in [0.717, 1.165) is 24.0 Å². The molecule has 0 spiro atoms. The molecule has 1 saturated carbocycles. The third-order valence-corrected chi connectivity index (χ3v) is 6.13. The van der Waals surface area contributed by atoms with Gasteiger partial charge in [0.2, 0.25) is 0 Å². The Morgan fingerprint density at radius 3 is 2.77 bits per heavy atom. The van der Waals surface area contributed by atoms with Crippen LogP contribution >= 0.6 is 0 Å². The van der Waals surface area contributed by atoms with Gasteiger partial charge in [0.05, 0.1) is 31.6 Å². The average Bonchev–Trinajstić information content (AvgIpc) is 3.40. The van der Waals surface area contributed by atoms with Gasteiger partial charge >= 0.3 is 0 Å². The van der Waals surface area contributed by atoms with Crippen molar-refractivity contribution in [3.63, 3.8) is 0 Å². The summed E-state index contributed by atoms with van der Waals surface area (Å²) in [5.74, 6) is 0.639. The highest BCUT2D eigenvalue weighted by Gasteiger charge is 2.38. The first kappa shape index (κ1) is 23.2. The number of anilines is 1. The van der Waals surface area contributed by atoms with E-state index < -0.39 is 18.8 Å². The van der Waals surface area contributed by atoms with Crippen LogP contribution in [0.2, 0.25) is 0 Å². The van der Waals surface area contributed by atoms with E-state index in [9.17, 15) is 13.2 Å². The minimum atomic E-state index is -2.63. The third kappa shape index (κ3) is 4.81. The number of fused-ring (bicyclic) bond motifs is 1. The third-order valence-electron chi connectivity index (χ3n) is 6.13. The van der Waals surface area contributed by atoms with Gasteiger partial charge in [0.25, 0.3) is 6.43 Å². The Morgan fingerprint density at radius 2 is 2.03 bits per heavy atom. The number of nitrogens with zero attached hydrogens (tertiary/aromatic N) is 6. The average molecular weight is 486 g/mol. The SMILES string of the molecule is CN(c1ccn2ncc(-c3cnn(CCO)c3)c2n1)C(c1cc(F)ccc1OCC(F)F)C1CC1. The molecule has 3 aromatic heterocycles. The fourth-order valence-electron chi connectivity index (χ4n) is 4.35. The standard InChI is InChI=1S/C24H25F3N6O2/c1-31(23(15-2-3-15)18-10-17(25)4-5-20(18)35-14-21(26)27)22-6-7-33-24(30-22)19(12-29-33)16-11-28-32(13-16)8-9-34/h4-7,10-13,15,21,23,34H,2-3,8-9,14H2,1H3. The van der Waals surface area contributed by atoms with E-state index in [-0.39, 0.29) is 24.3 Å². The van der Waals surface area contributed by atoms with Crippen LogP contribution in [0.5, 0.6) is 5.75 Å². The molecule has 1 aliphatic rings. The van der Waals surface area contributed by atoms with Crippen molar-refractivity contribution in [2.75, 3.05) is 25.2 Å². The minimum absolute atomic E-state index is 0.0191. The van der Waals surface area contributed by atoms with Crippen molar-refractivity contribution in [3.8, 4) is 16.9 Å². The molecule has 5 rings (SSSR count). The van der Waals surface area contributed by atoms with Crippen LogP contribution in [0.15, 0.2) is 49.1 Å². The number of ether oxygens (including phenoxy) is 1. The van der Waals surface area contributed by atoms with E-state index in [1.54, 1.807) is 27.8 Å². The van der Waals surface area contributed by atoms with Gasteiger partial charge in [-0.2, -0.15) is 10.2 Å². The van der Waals surface area contributed by atoms with Crippen molar-refractivity contribution in [1.82, 2.24) is 24.4 Å². The molecule has 0 bridgehead atoms. The number of rotatable bonds is 10. The molecule has 1 aliphatic carbocycles. The summed E-state index contributed by atoms with van der Waals surface area (Å²) >= 11 is 0. The monoisotopic (exact) mass is 486 g/mol. The number of hydrogen-bond acceptors (Lipinski definition) is 6. The molecule has 1 atom stereocenters. The normalized spacial score (nSPS) is 14.6. The van der Waals surface area contributed by atoms with Gasteiger partial charge in [0.1, 0.15) is 24.0 Å². The maximum absolute atomic E-state index is 14.2. The van der Waals surface area contributed by atoms with Crippen molar-refractivity contribution in [3.05, 3.63) is 60.4 Å². The van der Waals surface area contributed by atoms with Gasteiger partial charge in [-0.3, -0.25) is 4.68 Å². The summed E-state index contributed by atoms with van der Waals surface area (Å²) < 4.78 is 48.5. The van der Waals surface area contributed by atoms with E-state index in [1.165, 1.54) is 18.2 Å². The second-order valence-electron chi connectivity index (χ2n) is 8.61. The van der Waals surface area contributed by atoms with Gasteiger partial charge in [-0.25, -0.2) is 22.7 Å². The molecule has 0 saturated heterocycles. The summed E-state index contributed by atoms with van der Waals surface area (Å²) in [5.41, 5.74) is 2.73. The van der Waals surface area contributed by atoms with Crippen LogP contribution in [0, 0.1) is 11.7 Å². The maximum atomic E-state index is 14.2. The van der Waals surface area contributed by atoms with Gasteiger partial charge < -0.3 is 14.7 Å². The second-order valence-corrected chi connectivity index (χ2v) is 8.61. The summed E-state index contributed by atoms with van der Waals surface area (Å²) in [6.07, 6.45) is 6.24. The number of hydrogen-bond donors (Lipinski definition) is 1. The summed E-state index contributed by atoms with van der Waals surface area (Å²) in [7, 11) is 1.86. The highest BCUT2D eigenvalue weighted by Crippen LogP contribution is 2.47. The lowest BCUT2D eigenvalue weighted by molar-refractivity contribution is 0.0811. The predicted molar refractivity (Wildman–Crippen MR) is 123 cm³/mol. The van der Waals surface area contributed by atoms with E-state index in [0.29, 0.717) is 23.6 Å². The molecule has 8 nitrogen and oxygen atoms in total. The van der Waals surface area contributed by atoms with Crippen molar-refractivity contribution in [2.45, 2.75) is 31.9 Å². The summed E-state index contributed by atoms with van der Waals surface area (Å²) in [4.78, 5) is 6.77. The zero-order chi connectivity index (χ0) is 24.5. The van der Waals surface area contributed by atoms with Gasteiger partial charge in [-0.05, 0) is 43.0 Å². The highest BCUT2D eigenvalue weighted by atomic mass is 19.3. The van der Waals surface area contributed by atoms with Crippen LogP contribution < -0.4 is 9.64 Å². The molecule has 4 aromatic rings. The molecule has 0 radical (unpaired) electrons. The van der Waals surface area contributed by atoms with E-state index in [2.05, 4.69) is 10.2 Å². The molecule has 35 heavy (non-hydrogen) atoms. The Morgan fingerprint density at radius 1 is 1.20 bits per heavy atom. The lowest BCUT2D eigenvalue weighted by Crippen LogP contribution is -2.27. The van der Waals surface area contributed by atoms with Crippen LogP contribution in [0.4, 0.5) is 19.0 Å². The molecular formula is C24H25F3N6O2. The summed E-state index contributed by atoms with van der Waals surface area (Å²) in [6.45, 7) is -0.394. The van der Waals surface area contributed by atoms with Gasteiger partial charge in [-0.15, -0.1) is 0 Å². The smallest absolute Gasteiger partial charge is 0.272 e. The maximum Gasteiger partial charge on any atom is 0.272 e. The second kappa shape index (κ2) is 9.57. The van der Waals surface area contributed by atoms with E-state index in [1.807, 2.05) is 24.2 Å². The quantitative estimate of drug-likeness (QED) is 0.366. The summed E-state index contributed by atoms with van der Waals surface area (Å²) in [6, 6.07) is 5.50. The fourth-order valence-corrected chi connectivity index (χ4v) is 4.35.